The topological polar surface area (TPSA) is 12.0 Å². The highest BCUT2D eigenvalue weighted by Gasteiger charge is 2.01. The van der Waals surface area contributed by atoms with Crippen LogP contribution in [0.4, 0.5) is 0 Å². The van der Waals surface area contributed by atoms with Crippen molar-refractivity contribution in [2.75, 3.05) is 7.05 Å². The van der Waals surface area contributed by atoms with Gasteiger partial charge in [-0.2, -0.15) is 0 Å². The molecule has 0 saturated carbocycles. The average Bonchev–Trinajstić information content (AvgIpc) is 2.16. The summed E-state index contributed by atoms with van der Waals surface area (Å²) in [6, 6.07) is 7.33. The minimum atomic E-state index is 0.607. The molecule has 1 heteroatoms. The highest BCUT2D eigenvalue weighted by atomic mass is 14.8. The van der Waals surface area contributed by atoms with Crippen LogP contribution >= 0.6 is 0 Å². The van der Waals surface area contributed by atoms with E-state index in [1.54, 1.807) is 0 Å². The van der Waals surface area contributed by atoms with E-state index >= 15 is 0 Å². The lowest BCUT2D eigenvalue weighted by atomic mass is 10.00. The SMILES string of the molecule is CNC(C)CCc1ccc(C)cc1C. The summed E-state index contributed by atoms with van der Waals surface area (Å²) in [6.45, 7) is 6.57. The van der Waals surface area contributed by atoms with Crippen LogP contribution in [0.1, 0.15) is 30.0 Å². The average molecular weight is 191 g/mol. The number of benzene rings is 1. The Hall–Kier alpha value is -0.820. The first-order valence-corrected chi connectivity index (χ1v) is 5.37. The largest absolute Gasteiger partial charge is 0.317 e. The maximum atomic E-state index is 3.27. The Kier molecular flexibility index (Phi) is 4.15. The fraction of sp³-hybridized carbons (Fsp3) is 0.538. The predicted molar refractivity (Wildman–Crippen MR) is 62.8 cm³/mol. The molecule has 0 amide bonds. The highest BCUT2D eigenvalue weighted by Crippen LogP contribution is 2.13. The molecule has 1 rings (SSSR count). The second-order valence-electron chi connectivity index (χ2n) is 4.16. The Morgan fingerprint density at radius 1 is 1.29 bits per heavy atom. The van der Waals surface area contributed by atoms with Crippen LogP contribution in [0.3, 0.4) is 0 Å². The summed E-state index contributed by atoms with van der Waals surface area (Å²) in [7, 11) is 2.02. The third-order valence-electron chi connectivity index (χ3n) is 2.84. The van der Waals surface area contributed by atoms with Crippen molar-refractivity contribution >= 4 is 0 Å². The van der Waals surface area contributed by atoms with Crippen molar-refractivity contribution in [1.82, 2.24) is 5.32 Å². The minimum Gasteiger partial charge on any atom is -0.317 e. The zero-order chi connectivity index (χ0) is 10.6. The van der Waals surface area contributed by atoms with Crippen molar-refractivity contribution in [2.24, 2.45) is 0 Å². The highest BCUT2D eigenvalue weighted by molar-refractivity contribution is 5.30. The van der Waals surface area contributed by atoms with Crippen molar-refractivity contribution in [2.45, 2.75) is 39.7 Å². The summed E-state index contributed by atoms with van der Waals surface area (Å²) in [4.78, 5) is 0. The van der Waals surface area contributed by atoms with E-state index < -0.39 is 0 Å². The van der Waals surface area contributed by atoms with Gasteiger partial charge in [0.25, 0.3) is 0 Å². The second kappa shape index (κ2) is 5.16. The number of aryl methyl sites for hydroxylation is 3. The van der Waals surface area contributed by atoms with Gasteiger partial charge < -0.3 is 5.32 Å². The zero-order valence-electron chi connectivity index (χ0n) is 9.72. The maximum Gasteiger partial charge on any atom is 0.00388 e. The molecule has 0 fully saturated rings. The molecule has 0 aliphatic carbocycles. The number of hydrogen-bond acceptors (Lipinski definition) is 1. The van der Waals surface area contributed by atoms with Crippen LogP contribution in [0.5, 0.6) is 0 Å². The van der Waals surface area contributed by atoms with E-state index in [-0.39, 0.29) is 0 Å². The van der Waals surface area contributed by atoms with E-state index in [0.717, 1.165) is 0 Å². The molecular formula is C13H21N. The standard InChI is InChI=1S/C13H21N/c1-10-5-7-13(11(2)9-10)8-6-12(3)14-4/h5,7,9,12,14H,6,8H2,1-4H3. The summed E-state index contributed by atoms with van der Waals surface area (Å²) in [5.74, 6) is 0. The fourth-order valence-corrected chi connectivity index (χ4v) is 1.64. The molecule has 0 aromatic heterocycles. The molecule has 1 nitrogen and oxygen atoms in total. The van der Waals surface area contributed by atoms with E-state index in [2.05, 4.69) is 44.3 Å². The van der Waals surface area contributed by atoms with Crippen molar-refractivity contribution in [1.29, 1.82) is 0 Å². The van der Waals surface area contributed by atoms with Crippen molar-refractivity contribution in [3.8, 4) is 0 Å². The Morgan fingerprint density at radius 2 is 2.00 bits per heavy atom. The lowest BCUT2D eigenvalue weighted by Crippen LogP contribution is -2.21. The van der Waals surface area contributed by atoms with Gasteiger partial charge in [0.2, 0.25) is 0 Å². The lowest BCUT2D eigenvalue weighted by molar-refractivity contribution is 0.564. The monoisotopic (exact) mass is 191 g/mol. The molecule has 78 valence electrons. The maximum absolute atomic E-state index is 3.27. The Bertz CT molecular complexity index is 291. The number of rotatable bonds is 4. The molecule has 0 aliphatic heterocycles. The van der Waals surface area contributed by atoms with Crippen LogP contribution in [0.15, 0.2) is 18.2 Å². The molecule has 1 aromatic rings. The summed E-state index contributed by atoms with van der Waals surface area (Å²) < 4.78 is 0. The van der Waals surface area contributed by atoms with E-state index in [4.69, 9.17) is 0 Å². The van der Waals surface area contributed by atoms with E-state index in [1.165, 1.54) is 29.5 Å². The van der Waals surface area contributed by atoms with Gasteiger partial charge in [0.15, 0.2) is 0 Å². The van der Waals surface area contributed by atoms with Crippen LogP contribution in [-0.4, -0.2) is 13.1 Å². The van der Waals surface area contributed by atoms with Crippen LogP contribution in [0.2, 0.25) is 0 Å². The summed E-state index contributed by atoms with van der Waals surface area (Å²) in [5.41, 5.74) is 4.26. The first-order chi connectivity index (χ1) is 6.63. The van der Waals surface area contributed by atoms with E-state index in [9.17, 15) is 0 Å². The van der Waals surface area contributed by atoms with Gasteiger partial charge in [-0.25, -0.2) is 0 Å². The van der Waals surface area contributed by atoms with Gasteiger partial charge in [0.1, 0.15) is 0 Å². The van der Waals surface area contributed by atoms with Crippen LogP contribution in [0.25, 0.3) is 0 Å². The lowest BCUT2D eigenvalue weighted by Gasteiger charge is -2.11. The van der Waals surface area contributed by atoms with Crippen molar-refractivity contribution < 1.29 is 0 Å². The molecule has 0 aliphatic rings. The molecular weight excluding hydrogens is 170 g/mol. The van der Waals surface area contributed by atoms with Crippen LogP contribution < -0.4 is 5.32 Å². The fourth-order valence-electron chi connectivity index (χ4n) is 1.64. The van der Waals surface area contributed by atoms with Gasteiger partial charge in [-0.05, 0) is 51.8 Å². The van der Waals surface area contributed by atoms with Gasteiger partial charge in [0, 0.05) is 6.04 Å². The molecule has 1 N–H and O–H groups in total. The molecule has 1 atom stereocenters. The van der Waals surface area contributed by atoms with E-state index in [0.29, 0.717) is 6.04 Å². The summed E-state index contributed by atoms with van der Waals surface area (Å²) in [5, 5.41) is 3.27. The van der Waals surface area contributed by atoms with Crippen molar-refractivity contribution in [3.63, 3.8) is 0 Å². The second-order valence-corrected chi connectivity index (χ2v) is 4.16. The van der Waals surface area contributed by atoms with Crippen molar-refractivity contribution in [3.05, 3.63) is 34.9 Å². The Labute approximate surface area is 87.5 Å². The zero-order valence-corrected chi connectivity index (χ0v) is 9.72. The van der Waals surface area contributed by atoms with Gasteiger partial charge in [0.05, 0.1) is 0 Å². The quantitative estimate of drug-likeness (QED) is 0.771. The molecule has 0 heterocycles. The third kappa shape index (κ3) is 3.15. The van der Waals surface area contributed by atoms with Crippen LogP contribution in [-0.2, 0) is 6.42 Å². The van der Waals surface area contributed by atoms with Gasteiger partial charge >= 0.3 is 0 Å². The molecule has 1 aromatic carbocycles. The number of hydrogen-bond donors (Lipinski definition) is 1. The molecule has 0 saturated heterocycles. The van der Waals surface area contributed by atoms with Gasteiger partial charge in [-0.3, -0.25) is 0 Å². The molecule has 0 bridgehead atoms. The third-order valence-corrected chi connectivity index (χ3v) is 2.84. The Morgan fingerprint density at radius 3 is 2.57 bits per heavy atom. The first kappa shape index (κ1) is 11.3. The Balaban J connectivity index is 2.59. The van der Waals surface area contributed by atoms with Crippen LogP contribution in [0, 0.1) is 13.8 Å². The molecule has 0 radical (unpaired) electrons. The minimum absolute atomic E-state index is 0.607. The molecule has 0 spiro atoms. The molecule has 14 heavy (non-hydrogen) atoms. The first-order valence-electron chi connectivity index (χ1n) is 5.37. The summed E-state index contributed by atoms with van der Waals surface area (Å²) in [6.07, 6.45) is 2.38. The normalized spacial score (nSPS) is 12.9. The number of nitrogens with one attached hydrogen (secondary N) is 1. The van der Waals surface area contributed by atoms with Gasteiger partial charge in [-0.1, -0.05) is 23.8 Å². The van der Waals surface area contributed by atoms with E-state index in [1.807, 2.05) is 7.05 Å². The smallest absolute Gasteiger partial charge is 0.00388 e. The van der Waals surface area contributed by atoms with Gasteiger partial charge in [-0.15, -0.1) is 0 Å². The predicted octanol–water partition coefficient (Wildman–Crippen LogP) is 2.84. The molecule has 1 unspecified atom stereocenters. The summed E-state index contributed by atoms with van der Waals surface area (Å²) >= 11 is 0.